The number of carbonyl (C=O) groups excluding carboxylic acids is 2. The lowest BCUT2D eigenvalue weighted by Gasteiger charge is -2.19. The Balaban J connectivity index is 2.48. The monoisotopic (exact) mass is 304 g/mol. The average molecular weight is 305 g/mol. The molecule has 1 aromatic heterocycles. The van der Waals surface area contributed by atoms with E-state index in [9.17, 15) is 9.59 Å². The van der Waals surface area contributed by atoms with Gasteiger partial charge in [0.25, 0.3) is 0 Å². The molecule has 0 fully saturated rings. The van der Waals surface area contributed by atoms with Crippen LogP contribution in [0.2, 0.25) is 4.34 Å². The van der Waals surface area contributed by atoms with Gasteiger partial charge >= 0.3 is 12.0 Å². The topological polar surface area (TPSA) is 67.4 Å². The van der Waals surface area contributed by atoms with E-state index in [-0.39, 0.29) is 12.0 Å². The van der Waals surface area contributed by atoms with E-state index in [1.165, 1.54) is 11.3 Å². The van der Waals surface area contributed by atoms with Gasteiger partial charge in [-0.05, 0) is 32.2 Å². The van der Waals surface area contributed by atoms with Crippen molar-refractivity contribution < 1.29 is 14.3 Å². The Morgan fingerprint density at radius 2 is 2.16 bits per heavy atom. The number of halogens is 1. The Bertz CT molecular complexity index is 450. The van der Waals surface area contributed by atoms with E-state index in [0.717, 1.165) is 0 Å². The minimum absolute atomic E-state index is 0.326. The molecule has 0 bridgehead atoms. The van der Waals surface area contributed by atoms with Gasteiger partial charge in [0.05, 0.1) is 18.2 Å². The lowest BCUT2D eigenvalue weighted by molar-refractivity contribution is -0.148. The number of esters is 1. The standard InChI is InChI=1S/C12H17ClN2O3S/c1-4-18-11(16)7(2)8(3)14-12(17)15-9-5-6-19-10(9)13/h5-8H,4H2,1-3H3,(H2,14,15,17)/t7-,8+/m0/s1. The van der Waals surface area contributed by atoms with Gasteiger partial charge in [-0.3, -0.25) is 4.79 Å². The van der Waals surface area contributed by atoms with Crippen molar-refractivity contribution in [3.63, 3.8) is 0 Å². The van der Waals surface area contributed by atoms with Crippen molar-refractivity contribution in [2.75, 3.05) is 11.9 Å². The molecule has 5 nitrogen and oxygen atoms in total. The Labute approximate surface area is 121 Å². The van der Waals surface area contributed by atoms with Crippen molar-refractivity contribution in [3.05, 3.63) is 15.8 Å². The summed E-state index contributed by atoms with van der Waals surface area (Å²) < 4.78 is 5.42. The van der Waals surface area contributed by atoms with E-state index in [4.69, 9.17) is 16.3 Å². The Hall–Kier alpha value is -1.27. The fourth-order valence-electron chi connectivity index (χ4n) is 1.35. The summed E-state index contributed by atoms with van der Waals surface area (Å²) >= 11 is 7.21. The fourth-order valence-corrected chi connectivity index (χ4v) is 2.18. The molecule has 2 atom stereocenters. The van der Waals surface area contributed by atoms with Crippen LogP contribution in [0.1, 0.15) is 20.8 Å². The number of carbonyl (C=O) groups is 2. The second kappa shape index (κ2) is 7.35. The van der Waals surface area contributed by atoms with Crippen LogP contribution < -0.4 is 10.6 Å². The number of nitrogens with one attached hydrogen (secondary N) is 2. The van der Waals surface area contributed by atoms with Crippen LogP contribution in [0.3, 0.4) is 0 Å². The van der Waals surface area contributed by atoms with Crippen molar-refractivity contribution in [2.24, 2.45) is 5.92 Å². The molecule has 1 aromatic rings. The largest absolute Gasteiger partial charge is 0.466 e. The highest BCUT2D eigenvalue weighted by atomic mass is 35.5. The highest BCUT2D eigenvalue weighted by Crippen LogP contribution is 2.27. The highest BCUT2D eigenvalue weighted by molar-refractivity contribution is 7.15. The van der Waals surface area contributed by atoms with Crippen LogP contribution in [-0.2, 0) is 9.53 Å². The number of amides is 2. The molecule has 0 spiro atoms. The van der Waals surface area contributed by atoms with Gasteiger partial charge in [-0.1, -0.05) is 11.6 Å². The van der Waals surface area contributed by atoms with E-state index in [1.807, 2.05) is 0 Å². The van der Waals surface area contributed by atoms with E-state index >= 15 is 0 Å². The van der Waals surface area contributed by atoms with Gasteiger partial charge in [-0.15, -0.1) is 11.3 Å². The second-order valence-electron chi connectivity index (χ2n) is 4.04. The van der Waals surface area contributed by atoms with Crippen molar-refractivity contribution in [2.45, 2.75) is 26.8 Å². The molecule has 2 amide bonds. The number of hydrogen-bond donors (Lipinski definition) is 2. The highest BCUT2D eigenvalue weighted by Gasteiger charge is 2.23. The van der Waals surface area contributed by atoms with E-state index in [2.05, 4.69) is 10.6 Å². The third kappa shape index (κ3) is 4.72. The van der Waals surface area contributed by atoms with Crippen molar-refractivity contribution >= 4 is 40.6 Å². The van der Waals surface area contributed by atoms with Gasteiger partial charge in [-0.2, -0.15) is 0 Å². The van der Waals surface area contributed by atoms with E-state index in [1.54, 1.807) is 32.2 Å². The SMILES string of the molecule is CCOC(=O)[C@@H](C)[C@@H](C)NC(=O)Nc1ccsc1Cl. The average Bonchev–Trinajstić information content (AvgIpc) is 2.74. The van der Waals surface area contributed by atoms with Crippen molar-refractivity contribution in [1.82, 2.24) is 5.32 Å². The van der Waals surface area contributed by atoms with Crippen LogP contribution in [0, 0.1) is 5.92 Å². The molecule has 0 saturated heterocycles. The molecule has 0 aromatic carbocycles. The Morgan fingerprint density at radius 3 is 2.68 bits per heavy atom. The van der Waals surface area contributed by atoms with Gasteiger partial charge in [0, 0.05) is 6.04 Å². The summed E-state index contributed by atoms with van der Waals surface area (Å²) in [6, 6.07) is 0.979. The van der Waals surface area contributed by atoms with Gasteiger partial charge in [-0.25, -0.2) is 4.79 Å². The quantitative estimate of drug-likeness (QED) is 0.821. The van der Waals surface area contributed by atoms with E-state index < -0.39 is 11.9 Å². The molecule has 0 radical (unpaired) electrons. The third-order valence-corrected chi connectivity index (χ3v) is 3.80. The maximum absolute atomic E-state index is 11.7. The van der Waals surface area contributed by atoms with Crippen LogP contribution in [0.25, 0.3) is 0 Å². The number of hydrogen-bond acceptors (Lipinski definition) is 4. The van der Waals surface area contributed by atoms with Gasteiger partial charge < -0.3 is 15.4 Å². The summed E-state index contributed by atoms with van der Waals surface area (Å²) in [6.45, 7) is 5.53. The first-order valence-corrected chi connectivity index (χ1v) is 7.18. The second-order valence-corrected chi connectivity index (χ2v) is 5.55. The van der Waals surface area contributed by atoms with Crippen molar-refractivity contribution in [3.8, 4) is 0 Å². The van der Waals surface area contributed by atoms with E-state index in [0.29, 0.717) is 16.6 Å². The molecule has 1 heterocycles. The minimum atomic E-state index is -0.413. The summed E-state index contributed by atoms with van der Waals surface area (Å²) in [4.78, 5) is 23.3. The molecule has 0 aliphatic carbocycles. The molecular weight excluding hydrogens is 288 g/mol. The molecular formula is C12H17ClN2O3S. The predicted octanol–water partition coefficient (Wildman–Crippen LogP) is 3.11. The molecule has 0 unspecified atom stereocenters. The summed E-state index contributed by atoms with van der Waals surface area (Å²) in [5.74, 6) is -0.743. The molecule has 1 rings (SSSR count). The molecule has 19 heavy (non-hydrogen) atoms. The Morgan fingerprint density at radius 1 is 1.47 bits per heavy atom. The lowest BCUT2D eigenvalue weighted by atomic mass is 10.0. The lowest BCUT2D eigenvalue weighted by Crippen LogP contribution is -2.42. The van der Waals surface area contributed by atoms with Gasteiger partial charge in [0.15, 0.2) is 0 Å². The van der Waals surface area contributed by atoms with Gasteiger partial charge in [0.1, 0.15) is 4.34 Å². The number of anilines is 1. The number of rotatable bonds is 5. The third-order valence-electron chi connectivity index (χ3n) is 2.63. The van der Waals surface area contributed by atoms with Crippen LogP contribution in [0.15, 0.2) is 11.4 Å². The summed E-state index contributed by atoms with van der Waals surface area (Å²) in [7, 11) is 0. The maximum Gasteiger partial charge on any atom is 0.319 e. The fraction of sp³-hybridized carbons (Fsp3) is 0.500. The zero-order chi connectivity index (χ0) is 14.4. The zero-order valence-corrected chi connectivity index (χ0v) is 12.6. The summed E-state index contributed by atoms with van der Waals surface area (Å²) in [6.07, 6.45) is 0. The molecule has 0 saturated carbocycles. The van der Waals surface area contributed by atoms with Crippen molar-refractivity contribution in [1.29, 1.82) is 0 Å². The normalized spacial score (nSPS) is 13.5. The number of urea groups is 1. The smallest absolute Gasteiger partial charge is 0.319 e. The van der Waals surface area contributed by atoms with Crippen LogP contribution >= 0.6 is 22.9 Å². The molecule has 0 aliphatic rings. The first-order valence-electron chi connectivity index (χ1n) is 5.92. The summed E-state index contributed by atoms with van der Waals surface area (Å²) in [5.41, 5.74) is 0.556. The van der Waals surface area contributed by atoms with Crippen LogP contribution in [0.5, 0.6) is 0 Å². The van der Waals surface area contributed by atoms with Gasteiger partial charge in [0.2, 0.25) is 0 Å². The molecule has 106 valence electrons. The number of ether oxygens (including phenoxy) is 1. The minimum Gasteiger partial charge on any atom is -0.466 e. The summed E-state index contributed by atoms with van der Waals surface area (Å²) in [5, 5.41) is 7.08. The first-order chi connectivity index (χ1) is 8.95. The molecule has 0 aliphatic heterocycles. The molecule has 2 N–H and O–H groups in total. The predicted molar refractivity (Wildman–Crippen MR) is 76.7 cm³/mol. The Kier molecular flexibility index (Phi) is 6.11. The molecule has 7 heteroatoms. The number of thiophene rings is 1. The maximum atomic E-state index is 11.7. The van der Waals surface area contributed by atoms with Crippen LogP contribution in [0.4, 0.5) is 10.5 Å². The van der Waals surface area contributed by atoms with Crippen LogP contribution in [-0.4, -0.2) is 24.6 Å². The zero-order valence-electron chi connectivity index (χ0n) is 11.0. The first kappa shape index (κ1) is 15.8.